The number of hydrogen-bond acceptors (Lipinski definition) is 4. The Bertz CT molecular complexity index is 1470. The number of hydrogen-bond donors (Lipinski definition) is 0. The maximum atomic E-state index is 9.47. The zero-order valence-corrected chi connectivity index (χ0v) is 18.4. The van der Waals surface area contributed by atoms with Crippen LogP contribution in [0.2, 0.25) is 0 Å². The summed E-state index contributed by atoms with van der Waals surface area (Å²) < 4.78 is 2.00. The lowest BCUT2D eigenvalue weighted by molar-refractivity contribution is 0.684. The standard InChI is InChI=1S/C27H23N5/c1-4-32-24-16-30-23-12-9-19(20-6-5-13-29-15-20)14-22(23)25(24)26(31-32)18-7-10-21(11-8-18)27(2,3)17-28/h5-16H,4H2,1-3H3. The summed E-state index contributed by atoms with van der Waals surface area (Å²) in [5.74, 6) is 0. The molecule has 0 unspecified atom stereocenters. The predicted molar refractivity (Wildman–Crippen MR) is 128 cm³/mol. The molecule has 5 aromatic rings. The van der Waals surface area contributed by atoms with E-state index in [1.807, 2.05) is 49.1 Å². The van der Waals surface area contributed by atoms with Gasteiger partial charge in [-0.1, -0.05) is 36.4 Å². The molecule has 3 aromatic heterocycles. The Balaban J connectivity index is 1.76. The molecule has 5 rings (SSSR count). The van der Waals surface area contributed by atoms with Crippen molar-refractivity contribution in [1.82, 2.24) is 19.7 Å². The Hall–Kier alpha value is -4.04. The highest BCUT2D eigenvalue weighted by Crippen LogP contribution is 2.36. The summed E-state index contributed by atoms with van der Waals surface area (Å²) in [4.78, 5) is 8.97. The van der Waals surface area contributed by atoms with E-state index >= 15 is 0 Å². The molecule has 3 heterocycles. The van der Waals surface area contributed by atoms with E-state index in [0.717, 1.165) is 56.3 Å². The summed E-state index contributed by atoms with van der Waals surface area (Å²) in [6, 6.07) is 20.9. The van der Waals surface area contributed by atoms with Crippen molar-refractivity contribution < 1.29 is 0 Å². The monoisotopic (exact) mass is 417 g/mol. The van der Waals surface area contributed by atoms with Crippen molar-refractivity contribution in [2.24, 2.45) is 0 Å². The molecule has 0 aliphatic carbocycles. The van der Waals surface area contributed by atoms with Gasteiger partial charge in [-0.3, -0.25) is 14.6 Å². The van der Waals surface area contributed by atoms with Crippen molar-refractivity contribution in [2.45, 2.75) is 32.7 Å². The van der Waals surface area contributed by atoms with Crippen LogP contribution in [0.15, 0.2) is 73.2 Å². The van der Waals surface area contributed by atoms with Gasteiger partial charge in [0.2, 0.25) is 0 Å². The number of nitrogens with zero attached hydrogens (tertiary/aromatic N) is 5. The van der Waals surface area contributed by atoms with E-state index in [0.29, 0.717) is 0 Å². The Morgan fingerprint density at radius 2 is 1.75 bits per heavy atom. The third kappa shape index (κ3) is 3.21. The molecule has 32 heavy (non-hydrogen) atoms. The lowest BCUT2D eigenvalue weighted by Gasteiger charge is -2.15. The Morgan fingerprint density at radius 1 is 0.969 bits per heavy atom. The van der Waals surface area contributed by atoms with E-state index in [9.17, 15) is 5.26 Å². The second kappa shape index (κ2) is 7.58. The minimum Gasteiger partial charge on any atom is -0.264 e. The molecule has 0 fully saturated rings. The molecule has 5 nitrogen and oxygen atoms in total. The van der Waals surface area contributed by atoms with Gasteiger partial charge in [-0.05, 0) is 50.1 Å². The van der Waals surface area contributed by atoms with E-state index < -0.39 is 5.41 Å². The van der Waals surface area contributed by atoms with Crippen LogP contribution in [-0.4, -0.2) is 19.7 Å². The zero-order valence-electron chi connectivity index (χ0n) is 18.4. The largest absolute Gasteiger partial charge is 0.264 e. The summed E-state index contributed by atoms with van der Waals surface area (Å²) in [6.45, 7) is 6.71. The smallest absolute Gasteiger partial charge is 0.101 e. The van der Waals surface area contributed by atoms with Crippen molar-refractivity contribution in [1.29, 1.82) is 5.26 Å². The van der Waals surface area contributed by atoms with Crippen LogP contribution in [0.25, 0.3) is 44.2 Å². The highest BCUT2D eigenvalue weighted by Gasteiger charge is 2.21. The van der Waals surface area contributed by atoms with Gasteiger partial charge in [-0.15, -0.1) is 0 Å². The molecule has 0 N–H and O–H groups in total. The maximum absolute atomic E-state index is 9.47. The number of benzene rings is 2. The molecule has 0 aliphatic rings. The van der Waals surface area contributed by atoms with Crippen LogP contribution >= 0.6 is 0 Å². The van der Waals surface area contributed by atoms with Gasteiger partial charge >= 0.3 is 0 Å². The Labute approximate surface area is 187 Å². The van der Waals surface area contributed by atoms with Gasteiger partial charge in [0, 0.05) is 40.8 Å². The molecule has 2 aromatic carbocycles. The van der Waals surface area contributed by atoms with Crippen LogP contribution in [0.4, 0.5) is 0 Å². The first-order valence-electron chi connectivity index (χ1n) is 10.7. The lowest BCUT2D eigenvalue weighted by Crippen LogP contribution is -2.13. The number of pyridine rings is 2. The summed E-state index contributed by atoms with van der Waals surface area (Å²) in [7, 11) is 0. The SMILES string of the molecule is CCn1nc(-c2ccc(C(C)(C)C#N)cc2)c2c3cc(-c4cccnc4)ccc3ncc21. The average Bonchev–Trinajstić information content (AvgIpc) is 3.23. The van der Waals surface area contributed by atoms with Crippen LogP contribution in [0, 0.1) is 11.3 Å². The summed E-state index contributed by atoms with van der Waals surface area (Å²) in [5, 5.41) is 16.6. The molecule has 0 aliphatic heterocycles. The van der Waals surface area contributed by atoms with E-state index in [1.165, 1.54) is 0 Å². The zero-order chi connectivity index (χ0) is 22.3. The molecule has 0 amide bonds. The lowest BCUT2D eigenvalue weighted by atomic mass is 9.86. The Morgan fingerprint density at radius 3 is 2.44 bits per heavy atom. The molecule has 0 atom stereocenters. The molecular weight excluding hydrogens is 394 g/mol. The van der Waals surface area contributed by atoms with Crippen molar-refractivity contribution in [3.8, 4) is 28.5 Å². The van der Waals surface area contributed by atoms with Crippen molar-refractivity contribution >= 4 is 21.8 Å². The number of aromatic nitrogens is 4. The second-order valence-corrected chi connectivity index (χ2v) is 8.47. The predicted octanol–water partition coefficient (Wildman–Crippen LogP) is 6.13. The van der Waals surface area contributed by atoms with Crippen LogP contribution in [0.1, 0.15) is 26.3 Å². The number of nitriles is 1. The topological polar surface area (TPSA) is 67.4 Å². The van der Waals surface area contributed by atoms with Gasteiger partial charge in [-0.25, -0.2) is 0 Å². The number of rotatable bonds is 4. The molecule has 0 saturated heterocycles. The number of aryl methyl sites for hydroxylation is 1. The van der Waals surface area contributed by atoms with Gasteiger partial charge in [-0.2, -0.15) is 10.4 Å². The van der Waals surface area contributed by atoms with Crippen molar-refractivity contribution in [2.75, 3.05) is 0 Å². The highest BCUT2D eigenvalue weighted by molar-refractivity contribution is 6.12. The maximum Gasteiger partial charge on any atom is 0.101 e. The summed E-state index contributed by atoms with van der Waals surface area (Å²) in [5.41, 5.74) is 6.54. The molecule has 0 saturated carbocycles. The van der Waals surface area contributed by atoms with Gasteiger partial charge in [0.05, 0.1) is 28.7 Å². The van der Waals surface area contributed by atoms with Crippen LogP contribution in [0.5, 0.6) is 0 Å². The van der Waals surface area contributed by atoms with Gasteiger partial charge in [0.15, 0.2) is 0 Å². The fraction of sp³-hybridized carbons (Fsp3) is 0.185. The molecule has 0 bridgehead atoms. The molecule has 0 radical (unpaired) electrons. The molecule has 5 heteroatoms. The van der Waals surface area contributed by atoms with Crippen LogP contribution < -0.4 is 0 Å². The molecule has 156 valence electrons. The van der Waals surface area contributed by atoms with Gasteiger partial charge in [0.1, 0.15) is 5.69 Å². The summed E-state index contributed by atoms with van der Waals surface area (Å²) in [6.07, 6.45) is 5.57. The van der Waals surface area contributed by atoms with Crippen molar-refractivity contribution in [3.05, 3.63) is 78.8 Å². The molecule has 0 spiro atoms. The fourth-order valence-electron chi connectivity index (χ4n) is 4.12. The van der Waals surface area contributed by atoms with Gasteiger partial charge in [0.25, 0.3) is 0 Å². The first-order chi connectivity index (χ1) is 15.5. The quantitative estimate of drug-likeness (QED) is 0.352. The van der Waals surface area contributed by atoms with Crippen LogP contribution in [0.3, 0.4) is 0 Å². The normalized spacial score (nSPS) is 11.7. The fourth-order valence-corrected chi connectivity index (χ4v) is 4.12. The first kappa shape index (κ1) is 19.9. The highest BCUT2D eigenvalue weighted by atomic mass is 15.3. The minimum atomic E-state index is -0.529. The van der Waals surface area contributed by atoms with E-state index in [2.05, 4.69) is 54.4 Å². The van der Waals surface area contributed by atoms with Crippen LogP contribution in [-0.2, 0) is 12.0 Å². The number of fused-ring (bicyclic) bond motifs is 3. The third-order valence-electron chi connectivity index (χ3n) is 6.04. The van der Waals surface area contributed by atoms with E-state index in [1.54, 1.807) is 6.20 Å². The second-order valence-electron chi connectivity index (χ2n) is 8.47. The van der Waals surface area contributed by atoms with Gasteiger partial charge < -0.3 is 0 Å². The molecular formula is C27H23N5. The summed E-state index contributed by atoms with van der Waals surface area (Å²) >= 11 is 0. The van der Waals surface area contributed by atoms with Crippen molar-refractivity contribution in [3.63, 3.8) is 0 Å². The van der Waals surface area contributed by atoms with E-state index in [-0.39, 0.29) is 0 Å². The minimum absolute atomic E-state index is 0.529. The Kier molecular flexibility index (Phi) is 4.71. The van der Waals surface area contributed by atoms with E-state index in [4.69, 9.17) is 10.1 Å². The first-order valence-corrected chi connectivity index (χ1v) is 10.7. The average molecular weight is 418 g/mol. The third-order valence-corrected chi connectivity index (χ3v) is 6.04.